The summed E-state index contributed by atoms with van der Waals surface area (Å²) in [4.78, 5) is 0. The van der Waals surface area contributed by atoms with Crippen LogP contribution in [0.2, 0.25) is 0 Å². The van der Waals surface area contributed by atoms with E-state index >= 15 is 0 Å². The molecule has 0 spiro atoms. The van der Waals surface area contributed by atoms with Crippen molar-refractivity contribution in [3.63, 3.8) is 0 Å². The van der Waals surface area contributed by atoms with Gasteiger partial charge in [-0.1, -0.05) is 129 Å². The van der Waals surface area contributed by atoms with Gasteiger partial charge < -0.3 is 0 Å². The number of hydrogen-bond acceptors (Lipinski definition) is 1. The molecule has 2 heteroatoms. The molecule has 0 fully saturated rings. The Bertz CT molecular complexity index is 198. The largest absolute Gasteiger partial charge is 0.162 e. The van der Waals surface area contributed by atoms with Gasteiger partial charge in [0.2, 0.25) is 0 Å². The first-order chi connectivity index (χ1) is 12.4. The zero-order chi connectivity index (χ0) is 18.3. The third-order valence-corrected chi connectivity index (χ3v) is 6.44. The molecular weight excluding hydrogens is 360 g/mol. The molecule has 0 atom stereocenters. The second-order valence-electron chi connectivity index (χ2n) is 7.98. The van der Waals surface area contributed by atoms with Crippen molar-refractivity contribution >= 4 is 49.5 Å². The first-order valence-electron chi connectivity index (χ1n) is 12.0. The number of hydrogen-bond donors (Lipinski definition) is 0. The van der Waals surface area contributed by atoms with Crippen LogP contribution in [0.3, 0.4) is 0 Å². The summed E-state index contributed by atoms with van der Waals surface area (Å²) in [6.45, 7) is 4.60. The maximum absolute atomic E-state index is 2.30. The van der Waals surface area contributed by atoms with Crippen molar-refractivity contribution in [3.8, 4) is 0 Å². The molecule has 0 aromatic heterocycles. The summed E-state index contributed by atoms with van der Waals surface area (Å²) < 4.78 is 0. The summed E-state index contributed by atoms with van der Waals surface area (Å²) in [7, 11) is 0. The zero-order valence-corrected chi connectivity index (χ0v) is 21.7. The average Bonchev–Trinajstić information content (AvgIpc) is 2.63. The molecule has 0 aromatic rings. The Labute approximate surface area is 201 Å². The van der Waals surface area contributed by atoms with Gasteiger partial charge in [-0.2, -0.15) is 11.8 Å². The molecule has 0 heterocycles. The average molecular weight is 411 g/mol. The van der Waals surface area contributed by atoms with Crippen LogP contribution >= 0.6 is 11.8 Å². The molecule has 0 nitrogen and oxygen atoms in total. The van der Waals surface area contributed by atoms with E-state index in [4.69, 9.17) is 0 Å². The minimum atomic E-state index is 0. The maximum atomic E-state index is 2.30. The summed E-state index contributed by atoms with van der Waals surface area (Å²) in [5, 5.41) is 0. The maximum Gasteiger partial charge on any atom is 0 e. The van der Waals surface area contributed by atoms with Crippen LogP contribution in [0.15, 0.2) is 0 Å². The number of unbranched alkanes of at least 4 members (excludes halogenated alkanes) is 18. The van der Waals surface area contributed by atoms with Crippen LogP contribution in [0, 0.1) is 0 Å². The van der Waals surface area contributed by atoms with Crippen molar-refractivity contribution in [2.75, 3.05) is 11.5 Å². The van der Waals surface area contributed by atoms with E-state index in [9.17, 15) is 0 Å². The molecule has 0 saturated carbocycles. The van der Waals surface area contributed by atoms with Gasteiger partial charge in [-0.15, -0.1) is 0 Å². The SMILES string of the molecule is CCCCCCCCCCCCSCCCCCCCCCCCC.[Ca]. The molecule has 0 saturated heterocycles. The molecule has 0 aliphatic heterocycles. The van der Waals surface area contributed by atoms with E-state index < -0.39 is 0 Å². The standard InChI is InChI=1S/C24H50S.Ca/c1-3-5-7-9-11-13-15-17-19-21-23-25-24-22-20-18-16-14-12-10-8-6-4-2;/h3-24H2,1-2H3;. The fourth-order valence-electron chi connectivity index (χ4n) is 3.49. The van der Waals surface area contributed by atoms with Gasteiger partial charge in [-0.05, 0) is 24.3 Å². The molecule has 154 valence electrons. The fourth-order valence-corrected chi connectivity index (χ4v) is 4.51. The normalized spacial score (nSPS) is 10.8. The van der Waals surface area contributed by atoms with Crippen molar-refractivity contribution < 1.29 is 0 Å². The topological polar surface area (TPSA) is 0 Å². The van der Waals surface area contributed by atoms with E-state index in [1.807, 2.05) is 0 Å². The van der Waals surface area contributed by atoms with Crippen molar-refractivity contribution in [2.45, 2.75) is 142 Å². The van der Waals surface area contributed by atoms with E-state index in [1.54, 1.807) is 0 Å². The zero-order valence-electron chi connectivity index (χ0n) is 18.7. The van der Waals surface area contributed by atoms with Crippen LogP contribution in [-0.4, -0.2) is 49.2 Å². The molecule has 0 bridgehead atoms. The number of rotatable bonds is 22. The Balaban J connectivity index is 0. The molecule has 0 aromatic carbocycles. The minimum Gasteiger partial charge on any atom is -0.162 e. The van der Waals surface area contributed by atoms with Gasteiger partial charge in [0.1, 0.15) is 0 Å². The van der Waals surface area contributed by atoms with Gasteiger partial charge in [-0.3, -0.25) is 0 Å². The monoisotopic (exact) mass is 410 g/mol. The van der Waals surface area contributed by atoms with Crippen LogP contribution < -0.4 is 0 Å². The predicted molar refractivity (Wildman–Crippen MR) is 127 cm³/mol. The van der Waals surface area contributed by atoms with Crippen LogP contribution in [0.25, 0.3) is 0 Å². The van der Waals surface area contributed by atoms with Crippen LogP contribution in [0.5, 0.6) is 0 Å². The fraction of sp³-hybridized carbons (Fsp3) is 1.00. The molecule has 0 N–H and O–H groups in total. The first kappa shape index (κ1) is 29.8. The third kappa shape index (κ3) is 27.8. The van der Waals surface area contributed by atoms with E-state index in [0.29, 0.717) is 0 Å². The summed E-state index contributed by atoms with van der Waals surface area (Å²) in [5.41, 5.74) is 0. The predicted octanol–water partition coefficient (Wildman–Crippen LogP) is 9.18. The Kier molecular flexibility index (Phi) is 33.0. The minimum absolute atomic E-state index is 0. The quantitative estimate of drug-likeness (QED) is 0.127. The smallest absolute Gasteiger partial charge is 0 e. The van der Waals surface area contributed by atoms with Gasteiger partial charge in [0.15, 0.2) is 0 Å². The van der Waals surface area contributed by atoms with Gasteiger partial charge in [0, 0.05) is 37.7 Å². The second-order valence-corrected chi connectivity index (χ2v) is 9.20. The third-order valence-electron chi connectivity index (χ3n) is 5.28. The van der Waals surface area contributed by atoms with E-state index in [0.717, 1.165) is 0 Å². The van der Waals surface area contributed by atoms with Crippen molar-refractivity contribution in [3.05, 3.63) is 0 Å². The summed E-state index contributed by atoms with van der Waals surface area (Å²) in [5.74, 6) is 2.82. The van der Waals surface area contributed by atoms with Crippen molar-refractivity contribution in [2.24, 2.45) is 0 Å². The van der Waals surface area contributed by atoms with Gasteiger partial charge in [-0.25, -0.2) is 0 Å². The van der Waals surface area contributed by atoms with Gasteiger partial charge in [0.25, 0.3) is 0 Å². The Hall–Kier alpha value is 1.61. The van der Waals surface area contributed by atoms with Crippen LogP contribution in [-0.2, 0) is 0 Å². The number of thioether (sulfide) groups is 1. The van der Waals surface area contributed by atoms with E-state index in [-0.39, 0.29) is 37.7 Å². The summed E-state index contributed by atoms with van der Waals surface area (Å²) in [6.07, 6.45) is 29.2. The molecule has 0 unspecified atom stereocenters. The van der Waals surface area contributed by atoms with E-state index in [1.165, 1.54) is 140 Å². The molecular formula is C24H50CaS. The molecule has 0 rings (SSSR count). The molecule has 0 aliphatic rings. The molecule has 0 amide bonds. The summed E-state index contributed by atoms with van der Waals surface area (Å²) >= 11 is 2.21. The second kappa shape index (κ2) is 28.8. The van der Waals surface area contributed by atoms with Crippen LogP contribution in [0.1, 0.15) is 142 Å². The van der Waals surface area contributed by atoms with Gasteiger partial charge >= 0.3 is 0 Å². The van der Waals surface area contributed by atoms with E-state index in [2.05, 4.69) is 25.6 Å². The Morgan fingerprint density at radius 3 is 0.846 bits per heavy atom. The molecule has 0 aliphatic carbocycles. The van der Waals surface area contributed by atoms with Gasteiger partial charge in [0.05, 0.1) is 0 Å². The summed E-state index contributed by atoms with van der Waals surface area (Å²) in [6, 6.07) is 0. The molecule has 2 radical (unpaired) electrons. The van der Waals surface area contributed by atoms with Crippen LogP contribution in [0.4, 0.5) is 0 Å². The van der Waals surface area contributed by atoms with Crippen molar-refractivity contribution in [1.29, 1.82) is 0 Å². The Morgan fingerprint density at radius 1 is 0.346 bits per heavy atom. The molecule has 26 heavy (non-hydrogen) atoms. The first-order valence-corrected chi connectivity index (χ1v) is 13.1. The Morgan fingerprint density at radius 2 is 0.577 bits per heavy atom. The van der Waals surface area contributed by atoms with Crippen molar-refractivity contribution in [1.82, 2.24) is 0 Å².